The summed E-state index contributed by atoms with van der Waals surface area (Å²) in [5.41, 5.74) is 5.35. The number of carbonyl (C=O) groups excluding carboxylic acids is 1. The van der Waals surface area contributed by atoms with Gasteiger partial charge in [0.15, 0.2) is 0 Å². The average molecular weight is 214 g/mol. The van der Waals surface area contributed by atoms with E-state index in [0.717, 1.165) is 4.88 Å². The monoisotopic (exact) mass is 214 g/mol. The SMILES string of the molecule is COC(CN)C(=O)NCc1cccs1. The van der Waals surface area contributed by atoms with Gasteiger partial charge in [0, 0.05) is 18.5 Å². The predicted octanol–water partition coefficient (Wildman–Crippen LogP) is 0.338. The third-order valence-corrected chi connectivity index (χ3v) is 2.68. The molecule has 0 aliphatic rings. The number of ether oxygens (including phenoxy) is 1. The molecular weight excluding hydrogens is 200 g/mol. The van der Waals surface area contributed by atoms with Crippen molar-refractivity contribution >= 4 is 17.2 Å². The Morgan fingerprint density at radius 1 is 1.79 bits per heavy atom. The number of amides is 1. The van der Waals surface area contributed by atoms with Crippen LogP contribution in [0.3, 0.4) is 0 Å². The minimum Gasteiger partial charge on any atom is -0.370 e. The van der Waals surface area contributed by atoms with Crippen molar-refractivity contribution in [3.05, 3.63) is 22.4 Å². The molecule has 1 rings (SSSR count). The fourth-order valence-electron chi connectivity index (χ4n) is 1.01. The van der Waals surface area contributed by atoms with Crippen LogP contribution in [0.2, 0.25) is 0 Å². The van der Waals surface area contributed by atoms with Gasteiger partial charge >= 0.3 is 0 Å². The topological polar surface area (TPSA) is 64.3 Å². The van der Waals surface area contributed by atoms with Crippen LogP contribution in [0, 0.1) is 0 Å². The Bertz CT molecular complexity index is 270. The molecule has 1 heterocycles. The van der Waals surface area contributed by atoms with Crippen LogP contribution in [-0.2, 0) is 16.1 Å². The molecule has 0 bridgehead atoms. The molecule has 0 saturated carbocycles. The van der Waals surface area contributed by atoms with E-state index in [1.54, 1.807) is 11.3 Å². The molecule has 0 aromatic carbocycles. The Labute approximate surface area is 87.1 Å². The van der Waals surface area contributed by atoms with Gasteiger partial charge in [0.05, 0.1) is 6.54 Å². The summed E-state index contributed by atoms with van der Waals surface area (Å²) < 4.78 is 4.90. The van der Waals surface area contributed by atoms with E-state index >= 15 is 0 Å². The average Bonchev–Trinajstić information content (AvgIpc) is 2.69. The first kappa shape index (κ1) is 11.2. The minimum absolute atomic E-state index is 0.164. The third-order valence-electron chi connectivity index (χ3n) is 1.81. The third kappa shape index (κ3) is 3.10. The molecule has 0 aliphatic carbocycles. The Morgan fingerprint density at radius 2 is 2.57 bits per heavy atom. The van der Waals surface area contributed by atoms with Crippen molar-refractivity contribution in [2.24, 2.45) is 5.73 Å². The van der Waals surface area contributed by atoms with E-state index < -0.39 is 6.10 Å². The quantitative estimate of drug-likeness (QED) is 0.742. The maximum absolute atomic E-state index is 11.4. The van der Waals surface area contributed by atoms with Crippen LogP contribution in [0.1, 0.15) is 4.88 Å². The highest BCUT2D eigenvalue weighted by Gasteiger charge is 2.14. The number of nitrogens with one attached hydrogen (secondary N) is 1. The van der Waals surface area contributed by atoms with Crippen LogP contribution in [-0.4, -0.2) is 25.7 Å². The van der Waals surface area contributed by atoms with Crippen molar-refractivity contribution in [1.29, 1.82) is 0 Å². The lowest BCUT2D eigenvalue weighted by molar-refractivity contribution is -0.130. The number of carbonyl (C=O) groups is 1. The number of methoxy groups -OCH3 is 1. The molecule has 78 valence electrons. The molecule has 0 aliphatic heterocycles. The van der Waals surface area contributed by atoms with Crippen molar-refractivity contribution in [3.63, 3.8) is 0 Å². The first-order valence-corrected chi connectivity index (χ1v) is 5.19. The summed E-state index contributed by atoms with van der Waals surface area (Å²) in [5, 5.41) is 4.72. The highest BCUT2D eigenvalue weighted by Crippen LogP contribution is 2.07. The first-order valence-electron chi connectivity index (χ1n) is 4.31. The van der Waals surface area contributed by atoms with Crippen LogP contribution in [0.15, 0.2) is 17.5 Å². The molecule has 5 heteroatoms. The molecule has 0 fully saturated rings. The zero-order valence-corrected chi connectivity index (χ0v) is 8.84. The molecule has 1 amide bonds. The van der Waals surface area contributed by atoms with Crippen molar-refractivity contribution in [2.45, 2.75) is 12.6 Å². The van der Waals surface area contributed by atoms with Crippen LogP contribution < -0.4 is 11.1 Å². The van der Waals surface area contributed by atoms with E-state index in [2.05, 4.69) is 5.32 Å². The minimum atomic E-state index is -0.546. The van der Waals surface area contributed by atoms with Gasteiger partial charge in [-0.05, 0) is 11.4 Å². The van der Waals surface area contributed by atoms with Gasteiger partial charge in [-0.2, -0.15) is 0 Å². The number of hydrogen-bond acceptors (Lipinski definition) is 4. The van der Waals surface area contributed by atoms with Crippen LogP contribution >= 0.6 is 11.3 Å². The summed E-state index contributed by atoms with van der Waals surface area (Å²) in [7, 11) is 1.47. The Hall–Kier alpha value is -0.910. The number of hydrogen-bond donors (Lipinski definition) is 2. The second-order valence-electron chi connectivity index (χ2n) is 2.76. The fraction of sp³-hybridized carbons (Fsp3) is 0.444. The summed E-state index contributed by atoms with van der Waals surface area (Å²) in [4.78, 5) is 12.5. The van der Waals surface area contributed by atoms with Gasteiger partial charge < -0.3 is 15.8 Å². The molecule has 3 N–H and O–H groups in total. The van der Waals surface area contributed by atoms with Gasteiger partial charge in [0.25, 0.3) is 5.91 Å². The predicted molar refractivity (Wildman–Crippen MR) is 56.0 cm³/mol. The molecule has 0 radical (unpaired) electrons. The van der Waals surface area contributed by atoms with E-state index in [1.807, 2.05) is 17.5 Å². The Morgan fingerprint density at radius 3 is 3.07 bits per heavy atom. The highest BCUT2D eigenvalue weighted by atomic mass is 32.1. The van der Waals surface area contributed by atoms with Crippen molar-refractivity contribution in [2.75, 3.05) is 13.7 Å². The van der Waals surface area contributed by atoms with Crippen LogP contribution in [0.4, 0.5) is 0 Å². The summed E-state index contributed by atoms with van der Waals surface area (Å²) in [6.07, 6.45) is -0.546. The van der Waals surface area contributed by atoms with E-state index in [1.165, 1.54) is 7.11 Å². The van der Waals surface area contributed by atoms with Crippen molar-refractivity contribution in [3.8, 4) is 0 Å². The molecule has 0 spiro atoms. The molecule has 1 aromatic rings. The van der Waals surface area contributed by atoms with E-state index in [0.29, 0.717) is 6.54 Å². The van der Waals surface area contributed by atoms with Crippen molar-refractivity contribution < 1.29 is 9.53 Å². The van der Waals surface area contributed by atoms with Crippen molar-refractivity contribution in [1.82, 2.24) is 5.32 Å². The van der Waals surface area contributed by atoms with Crippen LogP contribution in [0.5, 0.6) is 0 Å². The van der Waals surface area contributed by atoms with Gasteiger partial charge in [0.1, 0.15) is 6.10 Å². The molecule has 1 atom stereocenters. The summed E-state index contributed by atoms with van der Waals surface area (Å²) in [6, 6.07) is 3.91. The maximum Gasteiger partial charge on any atom is 0.250 e. The standard InChI is InChI=1S/C9H14N2O2S/c1-13-8(5-10)9(12)11-6-7-3-2-4-14-7/h2-4,8H,5-6,10H2,1H3,(H,11,12). The Kier molecular flexibility index (Phi) is 4.58. The molecule has 1 aromatic heterocycles. The van der Waals surface area contributed by atoms with E-state index in [9.17, 15) is 4.79 Å². The zero-order chi connectivity index (χ0) is 10.4. The largest absolute Gasteiger partial charge is 0.370 e. The van der Waals surface area contributed by atoms with E-state index in [4.69, 9.17) is 10.5 Å². The summed E-state index contributed by atoms with van der Waals surface area (Å²) in [6.45, 7) is 0.739. The van der Waals surface area contributed by atoms with Gasteiger partial charge in [-0.15, -0.1) is 11.3 Å². The van der Waals surface area contributed by atoms with Gasteiger partial charge in [-0.25, -0.2) is 0 Å². The number of rotatable bonds is 5. The second-order valence-corrected chi connectivity index (χ2v) is 3.79. The van der Waals surface area contributed by atoms with Crippen LogP contribution in [0.25, 0.3) is 0 Å². The molecule has 14 heavy (non-hydrogen) atoms. The molecular formula is C9H14N2O2S. The lowest BCUT2D eigenvalue weighted by Crippen LogP contribution is -2.40. The zero-order valence-electron chi connectivity index (χ0n) is 8.03. The summed E-state index contributed by atoms with van der Waals surface area (Å²) in [5.74, 6) is -0.164. The molecule has 1 unspecified atom stereocenters. The Balaban J connectivity index is 2.34. The maximum atomic E-state index is 11.4. The normalized spacial score (nSPS) is 12.4. The van der Waals surface area contributed by atoms with E-state index in [-0.39, 0.29) is 12.5 Å². The lowest BCUT2D eigenvalue weighted by Gasteiger charge is -2.12. The smallest absolute Gasteiger partial charge is 0.250 e. The number of nitrogens with two attached hydrogens (primary N) is 1. The fourth-order valence-corrected chi connectivity index (χ4v) is 1.66. The lowest BCUT2D eigenvalue weighted by atomic mass is 10.3. The van der Waals surface area contributed by atoms with Gasteiger partial charge in [0.2, 0.25) is 0 Å². The van der Waals surface area contributed by atoms with Gasteiger partial charge in [-0.1, -0.05) is 6.07 Å². The second kappa shape index (κ2) is 5.74. The molecule has 4 nitrogen and oxygen atoms in total. The molecule has 0 saturated heterocycles. The summed E-state index contributed by atoms with van der Waals surface area (Å²) >= 11 is 1.61. The highest BCUT2D eigenvalue weighted by molar-refractivity contribution is 7.09. The number of thiophene rings is 1. The first-order chi connectivity index (χ1) is 6.77. The van der Waals surface area contributed by atoms with Gasteiger partial charge in [-0.3, -0.25) is 4.79 Å².